The zero-order valence-corrected chi connectivity index (χ0v) is 12.2. The van der Waals surface area contributed by atoms with E-state index in [1.54, 1.807) is 4.90 Å². The molecule has 1 aromatic carbocycles. The molecule has 0 saturated carbocycles. The third-order valence-corrected chi connectivity index (χ3v) is 3.53. The molecule has 22 heavy (non-hydrogen) atoms. The van der Waals surface area contributed by atoms with Crippen LogP contribution in [-0.4, -0.2) is 48.9 Å². The van der Waals surface area contributed by atoms with E-state index >= 15 is 0 Å². The van der Waals surface area contributed by atoms with E-state index in [1.165, 1.54) is 24.3 Å². The van der Waals surface area contributed by atoms with Crippen LogP contribution in [0, 0.1) is 0 Å². The molecule has 2 rings (SSSR count). The number of carbonyl (C=O) groups excluding carboxylic acids is 3. The summed E-state index contributed by atoms with van der Waals surface area (Å²) in [6.07, 6.45) is 0.296. The Labute approximate surface area is 128 Å². The van der Waals surface area contributed by atoms with Gasteiger partial charge in [0.1, 0.15) is 0 Å². The number of nitrogens with two attached hydrogens (primary N) is 1. The molecule has 1 heterocycles. The van der Waals surface area contributed by atoms with Crippen LogP contribution in [0.15, 0.2) is 24.3 Å². The minimum absolute atomic E-state index is 0.00412. The number of piperazine rings is 1. The van der Waals surface area contributed by atoms with Crippen molar-refractivity contribution in [1.29, 1.82) is 0 Å². The number of nitrogens with zero attached hydrogens (tertiary/aromatic N) is 1. The van der Waals surface area contributed by atoms with Crippen molar-refractivity contribution in [1.82, 2.24) is 4.90 Å². The predicted octanol–water partition coefficient (Wildman–Crippen LogP) is -1.83. The van der Waals surface area contributed by atoms with Gasteiger partial charge in [-0.1, -0.05) is 12.1 Å². The van der Waals surface area contributed by atoms with Crippen molar-refractivity contribution in [3.8, 4) is 0 Å². The van der Waals surface area contributed by atoms with E-state index in [9.17, 15) is 19.5 Å². The van der Waals surface area contributed by atoms with Crippen molar-refractivity contribution in [2.45, 2.75) is 12.8 Å². The van der Waals surface area contributed by atoms with E-state index in [0.29, 0.717) is 5.69 Å². The average molecular weight is 305 g/mol. The minimum atomic E-state index is -1.26. The van der Waals surface area contributed by atoms with Crippen molar-refractivity contribution >= 4 is 23.5 Å². The predicted molar refractivity (Wildman–Crippen MR) is 76.9 cm³/mol. The highest BCUT2D eigenvalue weighted by Gasteiger charge is 2.18. The second-order valence-corrected chi connectivity index (χ2v) is 5.16. The molecule has 1 saturated heterocycles. The molecular formula is C15H19N3O4. The Morgan fingerprint density at radius 1 is 1.09 bits per heavy atom. The second kappa shape index (κ2) is 7.56. The molecule has 1 aliphatic heterocycles. The first kappa shape index (κ1) is 16.0. The Bertz CT molecular complexity index is 550. The number of quaternary nitrogens is 1. The molecule has 0 spiro atoms. The van der Waals surface area contributed by atoms with Crippen LogP contribution in [0.2, 0.25) is 0 Å². The maximum Gasteiger partial charge on any atom is 0.224 e. The number of hydrogen-bond acceptors (Lipinski definition) is 4. The van der Waals surface area contributed by atoms with Gasteiger partial charge in [0.2, 0.25) is 11.8 Å². The lowest BCUT2D eigenvalue weighted by Crippen LogP contribution is -2.89. The highest BCUT2D eigenvalue weighted by Crippen LogP contribution is 2.10. The Morgan fingerprint density at radius 3 is 2.32 bits per heavy atom. The van der Waals surface area contributed by atoms with Gasteiger partial charge in [0.25, 0.3) is 0 Å². The van der Waals surface area contributed by atoms with Gasteiger partial charge in [-0.15, -0.1) is 0 Å². The quantitative estimate of drug-likeness (QED) is 0.667. The van der Waals surface area contributed by atoms with E-state index in [0.717, 1.165) is 26.2 Å². The van der Waals surface area contributed by atoms with Crippen LogP contribution in [0.4, 0.5) is 5.69 Å². The van der Waals surface area contributed by atoms with E-state index in [-0.39, 0.29) is 30.2 Å². The molecule has 0 atom stereocenters. The van der Waals surface area contributed by atoms with Gasteiger partial charge >= 0.3 is 0 Å². The number of hydrogen-bond donors (Lipinski definition) is 2. The van der Waals surface area contributed by atoms with Gasteiger partial charge in [-0.05, 0) is 17.7 Å². The van der Waals surface area contributed by atoms with Crippen LogP contribution in [-0.2, 0) is 9.59 Å². The van der Waals surface area contributed by atoms with Gasteiger partial charge < -0.3 is 25.4 Å². The Balaban J connectivity index is 1.77. The molecule has 1 fully saturated rings. The maximum atomic E-state index is 11.9. The van der Waals surface area contributed by atoms with Crippen LogP contribution in [0.25, 0.3) is 0 Å². The zero-order valence-electron chi connectivity index (χ0n) is 12.2. The van der Waals surface area contributed by atoms with Gasteiger partial charge in [0.05, 0.1) is 32.1 Å². The summed E-state index contributed by atoms with van der Waals surface area (Å²) in [4.78, 5) is 36.1. The van der Waals surface area contributed by atoms with Gasteiger partial charge in [-0.25, -0.2) is 0 Å². The summed E-state index contributed by atoms with van der Waals surface area (Å²) in [6, 6.07) is 5.71. The van der Waals surface area contributed by atoms with Crippen molar-refractivity contribution in [2.24, 2.45) is 0 Å². The average Bonchev–Trinajstić information content (AvgIpc) is 2.54. The molecule has 0 radical (unpaired) electrons. The number of carboxylic acid groups (broad SMARTS) is 1. The van der Waals surface area contributed by atoms with Gasteiger partial charge in [-0.2, -0.15) is 0 Å². The molecule has 118 valence electrons. The van der Waals surface area contributed by atoms with Gasteiger partial charge in [0, 0.05) is 18.5 Å². The molecule has 7 nitrogen and oxygen atoms in total. The highest BCUT2D eigenvalue weighted by atomic mass is 16.4. The van der Waals surface area contributed by atoms with Crippen molar-refractivity contribution in [2.75, 3.05) is 31.5 Å². The van der Waals surface area contributed by atoms with Crippen LogP contribution >= 0.6 is 0 Å². The lowest BCUT2D eigenvalue weighted by Gasteiger charge is -2.25. The molecule has 1 aliphatic rings. The third-order valence-electron chi connectivity index (χ3n) is 3.53. The standard InChI is InChI=1S/C15H19N3O4/c19-13(5-6-14(20)18-9-7-16-8-10-18)17-12-3-1-11(2-4-12)15(21)22/h1-4,16H,5-10H2,(H,17,19)(H,21,22). The van der Waals surface area contributed by atoms with Crippen LogP contribution in [0.1, 0.15) is 23.2 Å². The molecule has 3 N–H and O–H groups in total. The summed E-state index contributed by atoms with van der Waals surface area (Å²) < 4.78 is 0. The molecule has 1 aromatic rings. The minimum Gasteiger partial charge on any atom is -0.545 e. The number of carboxylic acids is 1. The van der Waals surface area contributed by atoms with E-state index in [4.69, 9.17) is 0 Å². The molecule has 0 bridgehead atoms. The Hall–Kier alpha value is -2.41. The third kappa shape index (κ3) is 4.56. The number of anilines is 1. The molecule has 2 amide bonds. The van der Waals surface area contributed by atoms with E-state index < -0.39 is 5.97 Å². The summed E-state index contributed by atoms with van der Waals surface area (Å²) in [5.74, 6) is -1.53. The van der Waals surface area contributed by atoms with E-state index in [1.807, 2.05) is 0 Å². The van der Waals surface area contributed by atoms with Crippen molar-refractivity contribution < 1.29 is 24.8 Å². The number of benzene rings is 1. The number of amides is 2. The lowest BCUT2D eigenvalue weighted by atomic mass is 10.2. The maximum absolute atomic E-state index is 11.9. The SMILES string of the molecule is O=C(CCC(=O)N1CC[NH2+]CC1)Nc1ccc(C(=O)[O-])cc1. The smallest absolute Gasteiger partial charge is 0.224 e. The molecule has 7 heteroatoms. The fraction of sp³-hybridized carbons (Fsp3) is 0.400. The van der Waals surface area contributed by atoms with Gasteiger partial charge in [-0.3, -0.25) is 9.59 Å². The normalized spacial score (nSPS) is 14.5. The summed E-state index contributed by atoms with van der Waals surface area (Å²) in [5, 5.41) is 15.4. The van der Waals surface area contributed by atoms with E-state index in [2.05, 4.69) is 10.6 Å². The summed E-state index contributed by atoms with van der Waals surface area (Å²) in [7, 11) is 0. The first-order valence-electron chi connectivity index (χ1n) is 7.27. The summed E-state index contributed by atoms with van der Waals surface area (Å²) in [5.41, 5.74) is 0.546. The fourth-order valence-corrected chi connectivity index (χ4v) is 2.29. The molecular weight excluding hydrogens is 286 g/mol. The number of rotatable bonds is 5. The highest BCUT2D eigenvalue weighted by molar-refractivity contribution is 5.94. The first-order chi connectivity index (χ1) is 10.6. The topological polar surface area (TPSA) is 106 Å². The summed E-state index contributed by atoms with van der Waals surface area (Å²) >= 11 is 0. The zero-order chi connectivity index (χ0) is 15.9. The van der Waals surface area contributed by atoms with Crippen molar-refractivity contribution in [3.05, 3.63) is 29.8 Å². The van der Waals surface area contributed by atoms with Crippen LogP contribution in [0.3, 0.4) is 0 Å². The monoisotopic (exact) mass is 305 g/mol. The first-order valence-corrected chi connectivity index (χ1v) is 7.27. The molecule has 0 unspecified atom stereocenters. The Kier molecular flexibility index (Phi) is 5.48. The van der Waals surface area contributed by atoms with Gasteiger partial charge in [0.15, 0.2) is 0 Å². The largest absolute Gasteiger partial charge is 0.545 e. The lowest BCUT2D eigenvalue weighted by molar-refractivity contribution is -0.662. The number of nitrogens with one attached hydrogen (secondary N) is 1. The Morgan fingerprint density at radius 2 is 1.73 bits per heavy atom. The fourth-order valence-electron chi connectivity index (χ4n) is 2.29. The second-order valence-electron chi connectivity index (χ2n) is 5.16. The number of aromatic carboxylic acids is 1. The number of carbonyl (C=O) groups is 3. The molecule has 0 aromatic heterocycles. The molecule has 0 aliphatic carbocycles. The van der Waals surface area contributed by atoms with Crippen molar-refractivity contribution in [3.63, 3.8) is 0 Å². The van der Waals surface area contributed by atoms with Crippen LogP contribution < -0.4 is 15.7 Å². The summed E-state index contributed by atoms with van der Waals surface area (Å²) in [6.45, 7) is 3.27. The van der Waals surface area contributed by atoms with Crippen LogP contribution in [0.5, 0.6) is 0 Å².